The molecule has 1 atom stereocenters. The lowest BCUT2D eigenvalue weighted by Crippen LogP contribution is -2.37. The van der Waals surface area contributed by atoms with Crippen LogP contribution in [-0.4, -0.2) is 16.7 Å². The van der Waals surface area contributed by atoms with E-state index in [1.165, 1.54) is 0 Å². The van der Waals surface area contributed by atoms with Crippen LogP contribution in [0.3, 0.4) is 0 Å². The number of ketones is 1. The predicted octanol–water partition coefficient (Wildman–Crippen LogP) is 2.39. The van der Waals surface area contributed by atoms with Gasteiger partial charge in [0, 0.05) is 23.2 Å². The van der Waals surface area contributed by atoms with E-state index in [0.717, 1.165) is 10.9 Å². The molecule has 2 aromatic rings. The quantitative estimate of drug-likeness (QED) is 0.330. The molecule has 0 bridgehead atoms. The molecule has 0 fully saturated rings. The number of aromatic amines is 1. The lowest BCUT2D eigenvalue weighted by Gasteiger charge is -2.16. The molecule has 1 heterocycles. The van der Waals surface area contributed by atoms with Gasteiger partial charge < -0.3 is 4.98 Å². The molecule has 1 aromatic carbocycles. The average Bonchev–Trinajstić information content (AvgIpc) is 2.89. The summed E-state index contributed by atoms with van der Waals surface area (Å²) in [4.78, 5) is 27.3. The Hall–Kier alpha value is -2.14. The topological polar surface area (TPSA) is 88.0 Å². The maximum Gasteiger partial charge on any atom is 0.237 e. The fourth-order valence-corrected chi connectivity index (χ4v) is 2.53. The SMILES string of the molecule is CC(C)C[C@H](CC(=O)c1cc2ccccc2[nH]1)C(=O)NN. The van der Waals surface area contributed by atoms with Crippen molar-refractivity contribution in [2.24, 2.45) is 17.7 Å². The number of amides is 1. The van der Waals surface area contributed by atoms with Gasteiger partial charge in [0.1, 0.15) is 0 Å². The Morgan fingerprint density at radius 2 is 2.00 bits per heavy atom. The number of hydrogen-bond donors (Lipinski definition) is 3. The number of hydrazine groups is 1. The molecule has 0 spiro atoms. The van der Waals surface area contributed by atoms with E-state index in [0.29, 0.717) is 18.0 Å². The number of aromatic nitrogens is 1. The number of fused-ring (bicyclic) bond motifs is 1. The Bertz CT molecular complexity index is 613. The van der Waals surface area contributed by atoms with Gasteiger partial charge in [-0.05, 0) is 24.5 Å². The van der Waals surface area contributed by atoms with Gasteiger partial charge in [-0.3, -0.25) is 15.0 Å². The number of carbonyl (C=O) groups is 2. The zero-order valence-corrected chi connectivity index (χ0v) is 12.3. The first kappa shape index (κ1) is 15.3. The maximum atomic E-state index is 12.4. The van der Waals surface area contributed by atoms with E-state index in [4.69, 9.17) is 5.84 Å². The Balaban J connectivity index is 2.15. The van der Waals surface area contributed by atoms with Gasteiger partial charge in [-0.15, -0.1) is 0 Å². The van der Waals surface area contributed by atoms with Gasteiger partial charge in [0.25, 0.3) is 0 Å². The van der Waals surface area contributed by atoms with Crippen molar-refractivity contribution in [2.75, 3.05) is 0 Å². The molecule has 0 unspecified atom stereocenters. The smallest absolute Gasteiger partial charge is 0.237 e. The summed E-state index contributed by atoms with van der Waals surface area (Å²) in [6, 6.07) is 9.53. The number of Topliss-reactive ketones (excluding diaryl/α,β-unsaturated/α-hetero) is 1. The van der Waals surface area contributed by atoms with Gasteiger partial charge in [0.2, 0.25) is 5.91 Å². The van der Waals surface area contributed by atoms with Crippen LogP contribution in [0.25, 0.3) is 10.9 Å². The molecule has 0 saturated heterocycles. The normalized spacial score (nSPS) is 12.6. The van der Waals surface area contributed by atoms with Crippen molar-refractivity contribution in [1.82, 2.24) is 10.4 Å². The molecule has 5 nitrogen and oxygen atoms in total. The average molecular weight is 287 g/mol. The number of carbonyl (C=O) groups excluding carboxylic acids is 2. The van der Waals surface area contributed by atoms with E-state index in [1.807, 2.05) is 44.2 Å². The van der Waals surface area contributed by atoms with Gasteiger partial charge in [0.15, 0.2) is 5.78 Å². The molecule has 112 valence electrons. The second kappa shape index (κ2) is 6.54. The van der Waals surface area contributed by atoms with Gasteiger partial charge in [-0.25, -0.2) is 5.84 Å². The minimum Gasteiger partial charge on any atom is -0.352 e. The van der Waals surface area contributed by atoms with Crippen molar-refractivity contribution in [3.8, 4) is 0 Å². The van der Waals surface area contributed by atoms with Gasteiger partial charge >= 0.3 is 0 Å². The standard InChI is InChI=1S/C16H21N3O2/c1-10(2)7-12(16(21)19-17)9-15(20)14-8-11-5-3-4-6-13(11)18-14/h3-6,8,10,12,18H,7,9,17H2,1-2H3,(H,19,21)/t12-/m1/s1. The molecule has 0 aliphatic rings. The summed E-state index contributed by atoms with van der Waals surface area (Å²) in [5.74, 6) is 4.78. The van der Waals surface area contributed by atoms with Crippen LogP contribution >= 0.6 is 0 Å². The van der Waals surface area contributed by atoms with Crippen LogP contribution in [0.4, 0.5) is 0 Å². The van der Waals surface area contributed by atoms with Gasteiger partial charge in [0.05, 0.1) is 5.69 Å². The summed E-state index contributed by atoms with van der Waals surface area (Å²) < 4.78 is 0. The molecule has 1 aromatic heterocycles. The highest BCUT2D eigenvalue weighted by Crippen LogP contribution is 2.21. The minimum atomic E-state index is -0.395. The van der Waals surface area contributed by atoms with Crippen molar-refractivity contribution >= 4 is 22.6 Å². The number of nitrogens with two attached hydrogens (primary N) is 1. The summed E-state index contributed by atoms with van der Waals surface area (Å²) >= 11 is 0. The van der Waals surface area contributed by atoms with Crippen molar-refractivity contribution in [3.63, 3.8) is 0 Å². The Labute approximate surface area is 123 Å². The third-order valence-corrected chi connectivity index (χ3v) is 3.53. The number of hydrogen-bond acceptors (Lipinski definition) is 3. The number of nitrogens with one attached hydrogen (secondary N) is 2. The van der Waals surface area contributed by atoms with Crippen LogP contribution in [-0.2, 0) is 4.79 Å². The third-order valence-electron chi connectivity index (χ3n) is 3.53. The van der Waals surface area contributed by atoms with Crippen molar-refractivity contribution < 1.29 is 9.59 Å². The van der Waals surface area contributed by atoms with Crippen LogP contribution in [0.2, 0.25) is 0 Å². The second-order valence-corrected chi connectivity index (χ2v) is 5.73. The molecule has 4 N–H and O–H groups in total. The van der Waals surface area contributed by atoms with Crippen LogP contribution in [0, 0.1) is 11.8 Å². The lowest BCUT2D eigenvalue weighted by molar-refractivity contribution is -0.125. The van der Waals surface area contributed by atoms with Crippen molar-refractivity contribution in [3.05, 3.63) is 36.0 Å². The van der Waals surface area contributed by atoms with E-state index in [9.17, 15) is 9.59 Å². The first-order chi connectivity index (χ1) is 10.0. The van der Waals surface area contributed by atoms with Crippen LogP contribution in [0.15, 0.2) is 30.3 Å². The number of rotatable bonds is 6. The minimum absolute atomic E-state index is 0.0690. The van der Waals surface area contributed by atoms with E-state index < -0.39 is 5.92 Å². The molecule has 0 aliphatic heterocycles. The number of benzene rings is 1. The van der Waals surface area contributed by atoms with Gasteiger partial charge in [-0.1, -0.05) is 32.0 Å². The predicted molar refractivity (Wildman–Crippen MR) is 82.5 cm³/mol. The first-order valence-corrected chi connectivity index (χ1v) is 7.12. The molecule has 21 heavy (non-hydrogen) atoms. The zero-order chi connectivity index (χ0) is 15.4. The molecular weight excluding hydrogens is 266 g/mol. The fourth-order valence-electron chi connectivity index (χ4n) is 2.53. The maximum absolute atomic E-state index is 12.4. The highest BCUT2D eigenvalue weighted by Gasteiger charge is 2.23. The van der Waals surface area contributed by atoms with Crippen molar-refractivity contribution in [1.29, 1.82) is 0 Å². The molecule has 1 amide bonds. The van der Waals surface area contributed by atoms with E-state index >= 15 is 0 Å². The molecular formula is C16H21N3O2. The number of para-hydroxylation sites is 1. The van der Waals surface area contributed by atoms with Gasteiger partial charge in [-0.2, -0.15) is 0 Å². The summed E-state index contributed by atoms with van der Waals surface area (Å²) in [6.45, 7) is 4.04. The third kappa shape index (κ3) is 3.70. The fraction of sp³-hybridized carbons (Fsp3) is 0.375. The van der Waals surface area contributed by atoms with E-state index in [1.54, 1.807) is 0 Å². The molecule has 0 radical (unpaired) electrons. The summed E-state index contributed by atoms with van der Waals surface area (Å²) in [6.07, 6.45) is 0.795. The van der Waals surface area contributed by atoms with Crippen LogP contribution < -0.4 is 11.3 Å². The van der Waals surface area contributed by atoms with Crippen molar-refractivity contribution in [2.45, 2.75) is 26.7 Å². The van der Waals surface area contributed by atoms with E-state index in [-0.39, 0.29) is 18.1 Å². The molecule has 0 aliphatic carbocycles. The summed E-state index contributed by atoms with van der Waals surface area (Å²) in [5.41, 5.74) is 3.61. The molecule has 2 rings (SSSR count). The second-order valence-electron chi connectivity index (χ2n) is 5.73. The monoisotopic (exact) mass is 287 g/mol. The Kier molecular flexibility index (Phi) is 4.75. The zero-order valence-electron chi connectivity index (χ0n) is 12.3. The lowest BCUT2D eigenvalue weighted by atomic mass is 9.91. The van der Waals surface area contributed by atoms with E-state index in [2.05, 4.69) is 10.4 Å². The highest BCUT2D eigenvalue weighted by atomic mass is 16.2. The van der Waals surface area contributed by atoms with Crippen LogP contribution in [0.1, 0.15) is 37.2 Å². The molecule has 5 heteroatoms. The van der Waals surface area contributed by atoms with Crippen LogP contribution in [0.5, 0.6) is 0 Å². The highest BCUT2D eigenvalue weighted by molar-refractivity contribution is 6.01. The molecule has 0 saturated carbocycles. The summed E-state index contributed by atoms with van der Waals surface area (Å²) in [5, 5.41) is 0.990. The summed E-state index contributed by atoms with van der Waals surface area (Å²) in [7, 11) is 0. The Morgan fingerprint density at radius 1 is 1.29 bits per heavy atom. The largest absolute Gasteiger partial charge is 0.352 e. The first-order valence-electron chi connectivity index (χ1n) is 7.12. The number of H-pyrrole nitrogens is 1. The Morgan fingerprint density at radius 3 is 2.62 bits per heavy atom.